The molecular formula is C12H10Cl2N2O3S. The normalized spacial score (nSPS) is 12.3. The van der Waals surface area contributed by atoms with Crippen LogP contribution in [0.15, 0.2) is 29.3 Å². The SMILES string of the molecule is Cn1ncc(C(=O)O)c1CS(=O)c1cc(Cl)ccc1Cl. The number of carbonyl (C=O) groups is 1. The molecule has 0 radical (unpaired) electrons. The van der Waals surface area contributed by atoms with Gasteiger partial charge in [-0.2, -0.15) is 5.10 Å². The molecule has 0 fully saturated rings. The van der Waals surface area contributed by atoms with Crippen LogP contribution in [0.4, 0.5) is 0 Å². The van der Waals surface area contributed by atoms with E-state index >= 15 is 0 Å². The van der Waals surface area contributed by atoms with Crippen LogP contribution in [-0.2, 0) is 23.6 Å². The highest BCUT2D eigenvalue weighted by Crippen LogP contribution is 2.26. The molecule has 8 heteroatoms. The Labute approximate surface area is 127 Å². The zero-order valence-corrected chi connectivity index (χ0v) is 12.7. The first-order valence-electron chi connectivity index (χ1n) is 5.47. The lowest BCUT2D eigenvalue weighted by atomic mass is 10.3. The Morgan fingerprint density at radius 3 is 2.80 bits per heavy atom. The van der Waals surface area contributed by atoms with Crippen molar-refractivity contribution in [2.45, 2.75) is 10.6 Å². The summed E-state index contributed by atoms with van der Waals surface area (Å²) in [6.07, 6.45) is 1.23. The van der Waals surface area contributed by atoms with Crippen LogP contribution in [-0.4, -0.2) is 25.1 Å². The molecule has 1 atom stereocenters. The molecule has 2 rings (SSSR count). The van der Waals surface area contributed by atoms with Crippen molar-refractivity contribution < 1.29 is 14.1 Å². The number of carboxylic acids is 1. The molecule has 0 aliphatic carbocycles. The molecule has 106 valence electrons. The minimum atomic E-state index is -1.51. The van der Waals surface area contributed by atoms with Crippen molar-refractivity contribution in [2.24, 2.45) is 7.05 Å². The van der Waals surface area contributed by atoms with E-state index in [0.29, 0.717) is 20.6 Å². The van der Waals surface area contributed by atoms with Crippen LogP contribution in [0, 0.1) is 0 Å². The number of halogens is 2. The van der Waals surface area contributed by atoms with Crippen LogP contribution in [0.5, 0.6) is 0 Å². The van der Waals surface area contributed by atoms with Gasteiger partial charge in [-0.05, 0) is 18.2 Å². The summed E-state index contributed by atoms with van der Waals surface area (Å²) >= 11 is 11.8. The van der Waals surface area contributed by atoms with E-state index in [4.69, 9.17) is 28.3 Å². The number of rotatable bonds is 4. The molecule has 0 aliphatic rings. The lowest BCUT2D eigenvalue weighted by Crippen LogP contribution is -2.08. The van der Waals surface area contributed by atoms with Gasteiger partial charge in [-0.1, -0.05) is 23.2 Å². The predicted octanol–water partition coefficient (Wildman–Crippen LogP) is 2.73. The van der Waals surface area contributed by atoms with Gasteiger partial charge in [0.15, 0.2) is 0 Å². The van der Waals surface area contributed by atoms with Gasteiger partial charge in [-0.3, -0.25) is 8.89 Å². The fourth-order valence-electron chi connectivity index (χ4n) is 1.67. The molecule has 0 amide bonds. The number of aromatic nitrogens is 2. The molecule has 1 heterocycles. The Balaban J connectivity index is 2.35. The van der Waals surface area contributed by atoms with E-state index < -0.39 is 16.8 Å². The van der Waals surface area contributed by atoms with Crippen molar-refractivity contribution in [1.29, 1.82) is 0 Å². The van der Waals surface area contributed by atoms with Gasteiger partial charge < -0.3 is 5.11 Å². The van der Waals surface area contributed by atoms with E-state index in [-0.39, 0.29) is 11.3 Å². The van der Waals surface area contributed by atoms with E-state index in [0.717, 1.165) is 0 Å². The van der Waals surface area contributed by atoms with E-state index in [9.17, 15) is 9.00 Å². The van der Waals surface area contributed by atoms with E-state index in [2.05, 4.69) is 5.10 Å². The van der Waals surface area contributed by atoms with Gasteiger partial charge in [-0.25, -0.2) is 4.79 Å². The maximum absolute atomic E-state index is 12.3. The fourth-order valence-corrected chi connectivity index (χ4v) is 3.57. The summed E-state index contributed by atoms with van der Waals surface area (Å²) in [5.41, 5.74) is 0.394. The molecule has 1 aromatic carbocycles. The molecule has 0 spiro atoms. The van der Waals surface area contributed by atoms with Crippen LogP contribution in [0.1, 0.15) is 16.1 Å². The number of hydrogen-bond acceptors (Lipinski definition) is 3. The molecule has 5 nitrogen and oxygen atoms in total. The summed E-state index contributed by atoms with van der Waals surface area (Å²) in [5, 5.41) is 13.7. The third-order valence-electron chi connectivity index (χ3n) is 2.70. The Kier molecular flexibility index (Phi) is 4.47. The van der Waals surface area contributed by atoms with Crippen molar-refractivity contribution in [3.05, 3.63) is 45.7 Å². The van der Waals surface area contributed by atoms with Crippen LogP contribution in [0.3, 0.4) is 0 Å². The average molecular weight is 333 g/mol. The molecule has 2 aromatic rings. The smallest absolute Gasteiger partial charge is 0.339 e. The third kappa shape index (κ3) is 3.03. The Hall–Kier alpha value is -1.37. The number of hydrogen-bond donors (Lipinski definition) is 1. The van der Waals surface area contributed by atoms with Gasteiger partial charge >= 0.3 is 5.97 Å². The molecular weight excluding hydrogens is 323 g/mol. The number of carboxylic acid groups (broad SMARTS) is 1. The highest BCUT2D eigenvalue weighted by Gasteiger charge is 2.19. The first kappa shape index (κ1) is 15.0. The van der Waals surface area contributed by atoms with Crippen LogP contribution in [0.25, 0.3) is 0 Å². The van der Waals surface area contributed by atoms with E-state index in [1.54, 1.807) is 19.2 Å². The summed E-state index contributed by atoms with van der Waals surface area (Å²) in [7, 11) is 0.0835. The van der Waals surface area contributed by atoms with Gasteiger partial charge in [0.05, 0.1) is 38.4 Å². The number of benzene rings is 1. The molecule has 1 aromatic heterocycles. The van der Waals surface area contributed by atoms with Crippen LogP contribution in [0.2, 0.25) is 10.0 Å². The second kappa shape index (κ2) is 5.95. The van der Waals surface area contributed by atoms with Crippen molar-refractivity contribution in [2.75, 3.05) is 0 Å². The standard InChI is InChI=1S/C12H10Cl2N2O3S/c1-16-10(8(5-15-16)12(17)18)6-20(19)11-4-7(13)2-3-9(11)14/h2-5H,6H2,1H3,(H,17,18). The Morgan fingerprint density at radius 2 is 2.15 bits per heavy atom. The minimum absolute atomic E-state index is 0.00179. The zero-order valence-electron chi connectivity index (χ0n) is 10.3. The summed E-state index contributed by atoms with van der Waals surface area (Å²) < 4.78 is 13.7. The largest absolute Gasteiger partial charge is 0.478 e. The summed E-state index contributed by atoms with van der Waals surface area (Å²) in [6.45, 7) is 0. The first-order valence-corrected chi connectivity index (χ1v) is 7.55. The summed E-state index contributed by atoms with van der Waals surface area (Å²) in [4.78, 5) is 11.4. The van der Waals surface area contributed by atoms with Crippen LogP contribution < -0.4 is 0 Å². The lowest BCUT2D eigenvalue weighted by molar-refractivity contribution is 0.0696. The second-order valence-corrected chi connectivity index (χ2v) is 6.26. The third-order valence-corrected chi connectivity index (χ3v) is 4.74. The van der Waals surface area contributed by atoms with Gasteiger partial charge in [0.2, 0.25) is 0 Å². The summed E-state index contributed by atoms with van der Waals surface area (Å²) in [5.74, 6) is -1.11. The topological polar surface area (TPSA) is 72.2 Å². The fraction of sp³-hybridized carbons (Fsp3) is 0.167. The number of aromatic carboxylic acids is 1. The van der Waals surface area contributed by atoms with E-state index in [1.165, 1.54) is 16.9 Å². The second-order valence-electron chi connectivity index (χ2n) is 4.00. The van der Waals surface area contributed by atoms with Crippen molar-refractivity contribution in [1.82, 2.24) is 9.78 Å². The Morgan fingerprint density at radius 1 is 1.45 bits per heavy atom. The minimum Gasteiger partial charge on any atom is -0.478 e. The van der Waals surface area contributed by atoms with E-state index in [1.807, 2.05) is 0 Å². The monoisotopic (exact) mass is 332 g/mol. The maximum Gasteiger partial charge on any atom is 0.339 e. The van der Waals surface area contributed by atoms with Gasteiger partial charge in [0.25, 0.3) is 0 Å². The summed E-state index contributed by atoms with van der Waals surface area (Å²) in [6, 6.07) is 4.66. The number of aryl methyl sites for hydroxylation is 1. The zero-order chi connectivity index (χ0) is 14.9. The first-order chi connectivity index (χ1) is 9.40. The molecule has 1 N–H and O–H groups in total. The van der Waals surface area contributed by atoms with Crippen molar-refractivity contribution in [3.8, 4) is 0 Å². The molecule has 20 heavy (non-hydrogen) atoms. The molecule has 1 unspecified atom stereocenters. The number of nitrogens with zero attached hydrogens (tertiary/aromatic N) is 2. The molecule has 0 saturated carbocycles. The van der Waals surface area contributed by atoms with Gasteiger partial charge in [-0.15, -0.1) is 0 Å². The maximum atomic E-state index is 12.3. The van der Waals surface area contributed by atoms with Crippen molar-refractivity contribution >= 4 is 40.0 Å². The quantitative estimate of drug-likeness (QED) is 0.934. The van der Waals surface area contributed by atoms with Crippen LogP contribution >= 0.6 is 23.2 Å². The van der Waals surface area contributed by atoms with Gasteiger partial charge in [0.1, 0.15) is 5.56 Å². The highest BCUT2D eigenvalue weighted by molar-refractivity contribution is 7.84. The van der Waals surface area contributed by atoms with Crippen molar-refractivity contribution in [3.63, 3.8) is 0 Å². The molecule has 0 bridgehead atoms. The lowest BCUT2D eigenvalue weighted by Gasteiger charge is -2.07. The predicted molar refractivity (Wildman–Crippen MR) is 76.7 cm³/mol. The molecule has 0 aliphatic heterocycles. The Bertz CT molecular complexity index is 700. The van der Waals surface area contributed by atoms with Gasteiger partial charge in [0, 0.05) is 12.1 Å². The average Bonchev–Trinajstić information content (AvgIpc) is 2.74. The molecule has 0 saturated heterocycles. The highest BCUT2D eigenvalue weighted by atomic mass is 35.5.